The molecule has 2 bridgehead atoms. The first-order chi connectivity index (χ1) is 20.1. The van der Waals surface area contributed by atoms with Gasteiger partial charge in [-0.15, -0.1) is 0 Å². The van der Waals surface area contributed by atoms with Gasteiger partial charge in [-0.2, -0.15) is 10.4 Å². The van der Waals surface area contributed by atoms with Gasteiger partial charge in [-0.05, 0) is 43.9 Å². The minimum absolute atomic E-state index is 0.0897. The fourth-order valence-electron chi connectivity index (χ4n) is 7.04. The molecule has 1 aliphatic carbocycles. The number of aromatic nitrogens is 3. The molecule has 6 fully saturated rings. The lowest BCUT2D eigenvalue weighted by Gasteiger charge is -2.56. The van der Waals surface area contributed by atoms with Crippen LogP contribution in [0.3, 0.4) is 0 Å². The largest absolute Gasteiger partial charge is 0.492 e. The Morgan fingerprint density at radius 3 is 2.73 bits per heavy atom. The van der Waals surface area contributed by atoms with Crippen LogP contribution >= 0.6 is 0 Å². The molecule has 41 heavy (non-hydrogen) atoms. The van der Waals surface area contributed by atoms with Crippen LogP contribution in [0.15, 0.2) is 36.8 Å². The Bertz CT molecular complexity index is 1520. The molecule has 3 aromatic heterocycles. The summed E-state index contributed by atoms with van der Waals surface area (Å²) in [5, 5.41) is 24.1. The monoisotopic (exact) mass is 556 g/mol. The van der Waals surface area contributed by atoms with E-state index in [1.165, 1.54) is 0 Å². The smallest absolute Gasteiger partial charge is 0.226 e. The molecule has 0 radical (unpaired) electrons. The van der Waals surface area contributed by atoms with Gasteiger partial charge in [0.15, 0.2) is 0 Å². The first-order valence-electron chi connectivity index (χ1n) is 14.6. The number of hydrogen-bond acceptors (Lipinski definition) is 9. The number of carbonyl (C=O) groups excluding carboxylic acids is 1. The molecule has 8 heterocycles. The zero-order valence-electron chi connectivity index (χ0n) is 22.6. The Kier molecular flexibility index (Phi) is 5.91. The van der Waals surface area contributed by atoms with E-state index in [0.29, 0.717) is 42.6 Å². The number of nitriles is 1. The minimum atomic E-state index is -0.558. The number of hydrogen-bond donors (Lipinski definition) is 1. The Balaban J connectivity index is 0.989. The van der Waals surface area contributed by atoms with Crippen molar-refractivity contribution in [1.29, 1.82) is 5.26 Å². The molecule has 0 aromatic carbocycles. The topological polar surface area (TPSA) is 125 Å². The van der Waals surface area contributed by atoms with Crippen molar-refractivity contribution in [1.82, 2.24) is 19.5 Å². The Labute approximate surface area is 237 Å². The van der Waals surface area contributed by atoms with Gasteiger partial charge in [0.25, 0.3) is 0 Å². The number of ether oxygens (including phenoxy) is 3. The van der Waals surface area contributed by atoms with E-state index in [1.807, 2.05) is 24.4 Å². The third kappa shape index (κ3) is 4.24. The summed E-state index contributed by atoms with van der Waals surface area (Å²) in [6.45, 7) is 2.96. The van der Waals surface area contributed by atoms with Crippen molar-refractivity contribution in [2.75, 3.05) is 37.8 Å². The molecule has 6 unspecified atom stereocenters. The molecule has 3 aromatic rings. The number of fused-ring (bicyclic) bond motifs is 4. The second-order valence-corrected chi connectivity index (χ2v) is 12.0. The first-order valence-corrected chi connectivity index (χ1v) is 14.6. The van der Waals surface area contributed by atoms with Crippen molar-refractivity contribution in [3.63, 3.8) is 0 Å². The number of carbonyl (C=O) groups is 1. The standard InChI is InChI=1S/C30H32N6O5/c31-9-20-11-33-35-14-23(39-6-5-19-15-40-29-25(37)16-41-28(19)29)8-24(27(20)35)18-3-4-26(32-10-18)34-12-21-7-22(13-34)36(21)30(38)17-1-2-17/h3-4,8,10-11,14,17,19,21-22,25,28-29,37H,1-2,5-7,12-13,15-16H2. The van der Waals surface area contributed by atoms with E-state index in [-0.39, 0.29) is 36.1 Å². The van der Waals surface area contributed by atoms with E-state index in [9.17, 15) is 15.2 Å². The molecule has 1 N–H and O–H groups in total. The molecule has 5 saturated heterocycles. The molecule has 6 atom stereocenters. The summed E-state index contributed by atoms with van der Waals surface area (Å²) in [7, 11) is 0. The second kappa shape index (κ2) is 9.69. The molecule has 0 spiro atoms. The number of amides is 1. The van der Waals surface area contributed by atoms with E-state index in [4.69, 9.17) is 19.2 Å². The summed E-state index contributed by atoms with van der Waals surface area (Å²) in [6.07, 6.45) is 8.22. The van der Waals surface area contributed by atoms with E-state index < -0.39 is 6.10 Å². The summed E-state index contributed by atoms with van der Waals surface area (Å²) in [5.74, 6) is 2.33. The predicted octanol–water partition coefficient (Wildman–Crippen LogP) is 2.01. The second-order valence-electron chi connectivity index (χ2n) is 12.0. The van der Waals surface area contributed by atoms with E-state index >= 15 is 0 Å². The van der Waals surface area contributed by atoms with Gasteiger partial charge >= 0.3 is 0 Å². The molecule has 11 heteroatoms. The molecule has 5 aliphatic heterocycles. The van der Waals surface area contributed by atoms with Crippen molar-refractivity contribution in [3.8, 4) is 22.9 Å². The van der Waals surface area contributed by atoms with Gasteiger partial charge in [-0.1, -0.05) is 0 Å². The summed E-state index contributed by atoms with van der Waals surface area (Å²) in [5.41, 5.74) is 2.89. The number of piperazine rings is 1. The van der Waals surface area contributed by atoms with Crippen LogP contribution in [0, 0.1) is 23.2 Å². The molecule has 6 aliphatic rings. The van der Waals surface area contributed by atoms with Crippen molar-refractivity contribution in [2.24, 2.45) is 11.8 Å². The molecular weight excluding hydrogens is 524 g/mol. The lowest BCUT2D eigenvalue weighted by atomic mass is 9.86. The van der Waals surface area contributed by atoms with Gasteiger partial charge in [0.1, 0.15) is 29.8 Å². The van der Waals surface area contributed by atoms with E-state index in [2.05, 4.69) is 21.0 Å². The van der Waals surface area contributed by atoms with Gasteiger partial charge in [0.05, 0.1) is 61.5 Å². The van der Waals surface area contributed by atoms with Crippen LogP contribution in [0.5, 0.6) is 5.75 Å². The highest BCUT2D eigenvalue weighted by molar-refractivity contribution is 5.85. The highest BCUT2D eigenvalue weighted by atomic mass is 16.6. The first kappa shape index (κ1) is 25.0. The molecular formula is C30H32N6O5. The van der Waals surface area contributed by atoms with Gasteiger partial charge in [0, 0.05) is 42.2 Å². The van der Waals surface area contributed by atoms with Crippen molar-refractivity contribution < 1.29 is 24.1 Å². The maximum absolute atomic E-state index is 12.6. The number of rotatable bonds is 7. The SMILES string of the molecule is N#Cc1cnn2cc(OCCC3COC4C(O)COC34)cc(-c3ccc(N4CC5CC(C4)N5C(=O)C4CC4)nc3)c12. The molecule has 212 valence electrons. The normalized spacial score (nSPS) is 30.2. The average Bonchev–Trinajstić information content (AvgIpc) is 3.49. The number of aliphatic hydroxyl groups excluding tert-OH is 1. The van der Waals surface area contributed by atoms with Crippen molar-refractivity contribution in [3.05, 3.63) is 42.4 Å². The minimum Gasteiger partial charge on any atom is -0.492 e. The van der Waals surface area contributed by atoms with Gasteiger partial charge < -0.3 is 29.1 Å². The van der Waals surface area contributed by atoms with Crippen LogP contribution in [-0.2, 0) is 14.3 Å². The van der Waals surface area contributed by atoms with Crippen molar-refractivity contribution >= 4 is 17.2 Å². The summed E-state index contributed by atoms with van der Waals surface area (Å²) < 4.78 is 19.3. The van der Waals surface area contributed by atoms with Crippen LogP contribution in [0.4, 0.5) is 5.82 Å². The van der Waals surface area contributed by atoms with Gasteiger partial charge in [-0.25, -0.2) is 9.50 Å². The van der Waals surface area contributed by atoms with E-state index in [0.717, 1.165) is 55.7 Å². The maximum Gasteiger partial charge on any atom is 0.226 e. The highest BCUT2D eigenvalue weighted by Crippen LogP contribution is 2.41. The van der Waals surface area contributed by atoms with E-state index in [1.54, 1.807) is 16.9 Å². The van der Waals surface area contributed by atoms with Crippen LogP contribution < -0.4 is 9.64 Å². The number of aliphatic hydroxyl groups is 1. The lowest BCUT2D eigenvalue weighted by molar-refractivity contribution is -0.147. The quantitative estimate of drug-likeness (QED) is 0.465. The predicted molar refractivity (Wildman–Crippen MR) is 146 cm³/mol. The van der Waals surface area contributed by atoms with Gasteiger partial charge in [-0.3, -0.25) is 4.79 Å². The molecule has 11 nitrogen and oxygen atoms in total. The highest BCUT2D eigenvalue weighted by Gasteiger charge is 2.50. The Hall–Kier alpha value is -3.72. The number of nitrogens with zero attached hydrogens (tertiary/aromatic N) is 6. The number of pyridine rings is 2. The van der Waals surface area contributed by atoms with Crippen LogP contribution in [0.2, 0.25) is 0 Å². The van der Waals surface area contributed by atoms with Crippen LogP contribution in [0.1, 0.15) is 31.2 Å². The molecule has 9 rings (SSSR count). The maximum atomic E-state index is 12.6. The lowest BCUT2D eigenvalue weighted by Crippen LogP contribution is -2.70. The summed E-state index contributed by atoms with van der Waals surface area (Å²) in [6, 6.07) is 8.81. The fraction of sp³-hybridized carbons (Fsp3) is 0.533. The third-order valence-corrected chi connectivity index (χ3v) is 9.35. The zero-order valence-corrected chi connectivity index (χ0v) is 22.6. The average molecular weight is 557 g/mol. The van der Waals surface area contributed by atoms with Gasteiger partial charge in [0.2, 0.25) is 5.91 Å². The Morgan fingerprint density at radius 2 is 1.98 bits per heavy atom. The molecule has 1 saturated carbocycles. The Morgan fingerprint density at radius 1 is 1.15 bits per heavy atom. The van der Waals surface area contributed by atoms with Crippen molar-refractivity contribution in [2.45, 2.75) is 56.1 Å². The zero-order chi connectivity index (χ0) is 27.7. The van der Waals surface area contributed by atoms with Crippen LogP contribution in [0.25, 0.3) is 16.6 Å². The summed E-state index contributed by atoms with van der Waals surface area (Å²) in [4.78, 5) is 21.8. The van der Waals surface area contributed by atoms with Crippen LogP contribution in [-0.4, -0.2) is 93.8 Å². The number of anilines is 1. The number of piperidine rings is 1. The third-order valence-electron chi connectivity index (χ3n) is 9.35. The fourth-order valence-corrected chi connectivity index (χ4v) is 7.04. The molecule has 1 amide bonds. The summed E-state index contributed by atoms with van der Waals surface area (Å²) >= 11 is 0.